The summed E-state index contributed by atoms with van der Waals surface area (Å²) in [5, 5.41) is 3.56. The summed E-state index contributed by atoms with van der Waals surface area (Å²) in [6.07, 6.45) is 8.64. The fraction of sp³-hybridized carbons (Fsp3) is 0.875. The van der Waals surface area contributed by atoms with Crippen molar-refractivity contribution in [3.63, 3.8) is 0 Å². The summed E-state index contributed by atoms with van der Waals surface area (Å²) in [6.45, 7) is 15.4. The molecule has 1 heteroatoms. The molecule has 0 aromatic rings. The smallest absolute Gasteiger partial charge is 0.00205 e. The van der Waals surface area contributed by atoms with Gasteiger partial charge in [0.25, 0.3) is 0 Å². The van der Waals surface area contributed by atoms with Crippen LogP contribution in [0.3, 0.4) is 0 Å². The Labute approximate surface area is 109 Å². The molecular weight excluding hydrogens is 206 g/mol. The van der Waals surface area contributed by atoms with Crippen LogP contribution in [0, 0.1) is 17.8 Å². The maximum Gasteiger partial charge on any atom is -0.00205 e. The Balaban J connectivity index is 3.46. The Bertz CT molecular complexity index is 174. The van der Waals surface area contributed by atoms with Crippen LogP contribution in [0.2, 0.25) is 0 Å². The molecule has 0 spiro atoms. The molecule has 0 saturated carbocycles. The van der Waals surface area contributed by atoms with Crippen molar-refractivity contribution in [1.82, 2.24) is 5.32 Å². The van der Waals surface area contributed by atoms with E-state index >= 15 is 0 Å². The van der Waals surface area contributed by atoms with Crippen LogP contribution in [0.25, 0.3) is 0 Å². The highest BCUT2D eigenvalue weighted by molar-refractivity contribution is 4.68. The van der Waals surface area contributed by atoms with E-state index < -0.39 is 0 Å². The van der Waals surface area contributed by atoms with Crippen molar-refractivity contribution >= 4 is 0 Å². The Morgan fingerprint density at radius 1 is 0.941 bits per heavy atom. The predicted molar refractivity (Wildman–Crippen MR) is 79.3 cm³/mol. The average Bonchev–Trinajstić information content (AvgIpc) is 2.27. The highest BCUT2D eigenvalue weighted by atomic mass is 14.9. The highest BCUT2D eigenvalue weighted by Crippen LogP contribution is 2.18. The fourth-order valence-corrected chi connectivity index (χ4v) is 2.02. The van der Waals surface area contributed by atoms with Gasteiger partial charge in [0.15, 0.2) is 0 Å². The third-order valence-corrected chi connectivity index (χ3v) is 3.56. The zero-order valence-corrected chi connectivity index (χ0v) is 12.5. The molecule has 0 bridgehead atoms. The molecule has 2 unspecified atom stereocenters. The molecular formula is C16H33N. The van der Waals surface area contributed by atoms with Crippen molar-refractivity contribution < 1.29 is 0 Å². The van der Waals surface area contributed by atoms with Gasteiger partial charge in [0.2, 0.25) is 0 Å². The zero-order chi connectivity index (χ0) is 13.1. The van der Waals surface area contributed by atoms with Gasteiger partial charge in [-0.15, -0.1) is 6.58 Å². The van der Waals surface area contributed by atoms with E-state index in [1.165, 1.54) is 38.6 Å². The van der Waals surface area contributed by atoms with Gasteiger partial charge in [0.1, 0.15) is 0 Å². The Morgan fingerprint density at radius 2 is 1.65 bits per heavy atom. The Morgan fingerprint density at radius 3 is 2.24 bits per heavy atom. The molecule has 0 amide bonds. The number of allylic oxidation sites excluding steroid dienone is 1. The summed E-state index contributed by atoms with van der Waals surface area (Å²) in [5.74, 6) is 2.41. The minimum absolute atomic E-state index is 0.761. The van der Waals surface area contributed by atoms with Gasteiger partial charge in [0, 0.05) is 0 Å². The molecule has 0 aromatic carbocycles. The van der Waals surface area contributed by atoms with E-state index in [0.717, 1.165) is 24.3 Å². The van der Waals surface area contributed by atoms with E-state index in [0.29, 0.717) is 0 Å². The van der Waals surface area contributed by atoms with E-state index in [1.807, 2.05) is 6.08 Å². The summed E-state index contributed by atoms with van der Waals surface area (Å²) >= 11 is 0. The second-order valence-electron chi connectivity index (χ2n) is 5.93. The second-order valence-corrected chi connectivity index (χ2v) is 5.93. The van der Waals surface area contributed by atoms with E-state index in [1.54, 1.807) is 0 Å². The maximum atomic E-state index is 3.76. The second kappa shape index (κ2) is 10.8. The summed E-state index contributed by atoms with van der Waals surface area (Å²) in [6, 6.07) is 0. The van der Waals surface area contributed by atoms with Crippen molar-refractivity contribution in [3.8, 4) is 0 Å². The summed E-state index contributed by atoms with van der Waals surface area (Å²) in [7, 11) is 0. The number of unbranched alkanes of at least 4 members (excludes halogenated alkanes) is 3. The van der Waals surface area contributed by atoms with E-state index in [9.17, 15) is 0 Å². The van der Waals surface area contributed by atoms with Crippen molar-refractivity contribution in [2.45, 2.75) is 59.8 Å². The first-order chi connectivity index (χ1) is 8.07. The van der Waals surface area contributed by atoms with Crippen LogP contribution in [-0.4, -0.2) is 13.1 Å². The largest absolute Gasteiger partial charge is 0.316 e. The maximum absolute atomic E-state index is 3.76. The van der Waals surface area contributed by atoms with Crippen LogP contribution < -0.4 is 5.32 Å². The molecule has 0 aliphatic carbocycles. The van der Waals surface area contributed by atoms with Gasteiger partial charge in [-0.2, -0.15) is 0 Å². The lowest BCUT2D eigenvalue weighted by molar-refractivity contribution is 0.331. The van der Waals surface area contributed by atoms with Crippen molar-refractivity contribution in [1.29, 1.82) is 0 Å². The molecule has 2 atom stereocenters. The molecule has 17 heavy (non-hydrogen) atoms. The first kappa shape index (κ1) is 16.7. The normalized spacial score (nSPS) is 14.9. The average molecular weight is 239 g/mol. The molecule has 0 aromatic heterocycles. The zero-order valence-electron chi connectivity index (χ0n) is 12.5. The van der Waals surface area contributed by atoms with Crippen molar-refractivity contribution in [3.05, 3.63) is 12.7 Å². The van der Waals surface area contributed by atoms with Crippen LogP contribution in [0.5, 0.6) is 0 Å². The van der Waals surface area contributed by atoms with Gasteiger partial charge < -0.3 is 5.32 Å². The highest BCUT2D eigenvalue weighted by Gasteiger charge is 2.11. The monoisotopic (exact) mass is 239 g/mol. The van der Waals surface area contributed by atoms with Crippen LogP contribution in [0.4, 0.5) is 0 Å². The topological polar surface area (TPSA) is 12.0 Å². The quantitative estimate of drug-likeness (QED) is 0.409. The predicted octanol–water partition coefficient (Wildman–Crippen LogP) is 4.64. The number of hydrogen-bond acceptors (Lipinski definition) is 1. The van der Waals surface area contributed by atoms with Crippen molar-refractivity contribution in [2.75, 3.05) is 13.1 Å². The van der Waals surface area contributed by atoms with E-state index in [2.05, 4.69) is 39.6 Å². The molecule has 0 radical (unpaired) electrons. The van der Waals surface area contributed by atoms with Gasteiger partial charge in [-0.3, -0.25) is 0 Å². The van der Waals surface area contributed by atoms with Gasteiger partial charge in [-0.05, 0) is 43.7 Å². The molecule has 1 N–H and O–H groups in total. The van der Waals surface area contributed by atoms with Gasteiger partial charge in [-0.25, -0.2) is 0 Å². The van der Waals surface area contributed by atoms with E-state index in [-0.39, 0.29) is 0 Å². The van der Waals surface area contributed by atoms with E-state index in [4.69, 9.17) is 0 Å². The molecule has 0 aliphatic heterocycles. The number of nitrogens with one attached hydrogen (secondary N) is 1. The van der Waals surface area contributed by atoms with Gasteiger partial charge >= 0.3 is 0 Å². The summed E-state index contributed by atoms with van der Waals surface area (Å²) in [4.78, 5) is 0. The Kier molecular flexibility index (Phi) is 10.6. The lowest BCUT2D eigenvalue weighted by Gasteiger charge is -2.21. The SMILES string of the molecule is C=CCCCCCC(C)C(C)CNCC(C)C. The molecule has 102 valence electrons. The van der Waals surface area contributed by atoms with Crippen LogP contribution in [0.15, 0.2) is 12.7 Å². The minimum atomic E-state index is 0.761. The minimum Gasteiger partial charge on any atom is -0.316 e. The first-order valence-corrected chi connectivity index (χ1v) is 7.39. The van der Waals surface area contributed by atoms with Gasteiger partial charge in [0.05, 0.1) is 0 Å². The lowest BCUT2D eigenvalue weighted by atomic mass is 9.90. The molecule has 1 nitrogen and oxygen atoms in total. The Hall–Kier alpha value is -0.300. The van der Waals surface area contributed by atoms with Crippen molar-refractivity contribution in [2.24, 2.45) is 17.8 Å². The number of hydrogen-bond donors (Lipinski definition) is 1. The van der Waals surface area contributed by atoms with Crippen LogP contribution >= 0.6 is 0 Å². The third-order valence-electron chi connectivity index (χ3n) is 3.56. The molecule has 0 heterocycles. The molecule has 0 rings (SSSR count). The van der Waals surface area contributed by atoms with Crippen LogP contribution in [-0.2, 0) is 0 Å². The molecule has 0 fully saturated rings. The molecule has 0 aliphatic rings. The third kappa shape index (κ3) is 10.6. The number of rotatable bonds is 11. The first-order valence-electron chi connectivity index (χ1n) is 7.39. The van der Waals surface area contributed by atoms with Gasteiger partial charge in [-0.1, -0.05) is 53.0 Å². The summed E-state index contributed by atoms with van der Waals surface area (Å²) < 4.78 is 0. The standard InChI is InChI=1S/C16H33N/c1-6-7-8-9-10-11-15(4)16(5)13-17-12-14(2)3/h6,14-17H,1,7-13H2,2-5H3. The molecule has 0 saturated heterocycles. The summed E-state index contributed by atoms with van der Waals surface area (Å²) in [5.41, 5.74) is 0. The lowest BCUT2D eigenvalue weighted by Crippen LogP contribution is -2.28. The fourth-order valence-electron chi connectivity index (χ4n) is 2.02. The van der Waals surface area contributed by atoms with Crippen LogP contribution in [0.1, 0.15) is 59.8 Å².